The SMILES string of the molecule is N[C@@H]1CN(C(=O)OCc2ccccc2)CC12CC2. The standard InChI is InChI=1S/C14H18N2O2/c15-12-8-16(10-14(12)6-7-14)13(17)18-9-11-4-2-1-3-5-11/h1-5,12H,6-10,15H2/t12-/m1/s1. The molecule has 1 atom stereocenters. The van der Waals surface area contributed by atoms with E-state index in [-0.39, 0.29) is 17.6 Å². The van der Waals surface area contributed by atoms with Crippen molar-refractivity contribution in [2.24, 2.45) is 11.1 Å². The van der Waals surface area contributed by atoms with Gasteiger partial charge < -0.3 is 15.4 Å². The average molecular weight is 246 g/mol. The fourth-order valence-electron chi connectivity index (χ4n) is 2.63. The Bertz CT molecular complexity index is 442. The minimum atomic E-state index is -0.238. The van der Waals surface area contributed by atoms with E-state index in [2.05, 4.69) is 0 Å². The molecule has 2 fully saturated rings. The molecule has 1 heterocycles. The predicted molar refractivity (Wildman–Crippen MR) is 67.8 cm³/mol. The molecule has 4 nitrogen and oxygen atoms in total. The largest absolute Gasteiger partial charge is 0.445 e. The van der Waals surface area contributed by atoms with Gasteiger partial charge in [0.05, 0.1) is 0 Å². The van der Waals surface area contributed by atoms with Crippen molar-refractivity contribution < 1.29 is 9.53 Å². The van der Waals surface area contributed by atoms with Crippen LogP contribution in [0.2, 0.25) is 0 Å². The zero-order valence-electron chi connectivity index (χ0n) is 10.3. The summed E-state index contributed by atoms with van der Waals surface area (Å²) in [4.78, 5) is 13.7. The van der Waals surface area contributed by atoms with Crippen LogP contribution in [0.15, 0.2) is 30.3 Å². The third-order valence-corrected chi connectivity index (χ3v) is 4.06. The molecule has 2 aliphatic rings. The fourth-order valence-corrected chi connectivity index (χ4v) is 2.63. The van der Waals surface area contributed by atoms with Crippen molar-refractivity contribution in [1.82, 2.24) is 4.90 Å². The highest BCUT2D eigenvalue weighted by Gasteiger charge is 2.54. The molecule has 1 saturated heterocycles. The van der Waals surface area contributed by atoms with E-state index in [1.54, 1.807) is 4.90 Å². The zero-order valence-corrected chi connectivity index (χ0v) is 10.3. The number of carbonyl (C=O) groups excluding carboxylic acids is 1. The molecule has 0 unspecified atom stereocenters. The van der Waals surface area contributed by atoms with E-state index in [4.69, 9.17) is 10.5 Å². The van der Waals surface area contributed by atoms with Gasteiger partial charge in [-0.15, -0.1) is 0 Å². The van der Waals surface area contributed by atoms with Gasteiger partial charge in [0.1, 0.15) is 6.61 Å². The van der Waals surface area contributed by atoms with E-state index in [1.165, 1.54) is 0 Å². The van der Waals surface area contributed by atoms with E-state index in [9.17, 15) is 4.79 Å². The van der Waals surface area contributed by atoms with Gasteiger partial charge >= 0.3 is 6.09 Å². The molecule has 96 valence electrons. The molecule has 0 aromatic heterocycles. The quantitative estimate of drug-likeness (QED) is 0.865. The lowest BCUT2D eigenvalue weighted by molar-refractivity contribution is 0.102. The third kappa shape index (κ3) is 2.08. The van der Waals surface area contributed by atoms with Crippen molar-refractivity contribution in [2.45, 2.75) is 25.5 Å². The maximum absolute atomic E-state index is 11.9. The number of benzene rings is 1. The summed E-state index contributed by atoms with van der Waals surface area (Å²) in [6.07, 6.45) is 2.06. The first-order valence-corrected chi connectivity index (χ1v) is 6.41. The smallest absolute Gasteiger partial charge is 0.410 e. The Hall–Kier alpha value is -1.55. The second-order valence-corrected chi connectivity index (χ2v) is 5.39. The highest BCUT2D eigenvalue weighted by Crippen LogP contribution is 2.52. The minimum absolute atomic E-state index is 0.127. The molecule has 1 aromatic carbocycles. The Morgan fingerprint density at radius 3 is 2.72 bits per heavy atom. The van der Waals surface area contributed by atoms with Gasteiger partial charge in [0, 0.05) is 24.5 Å². The molecule has 1 aliphatic carbocycles. The number of nitrogens with zero attached hydrogens (tertiary/aromatic N) is 1. The maximum atomic E-state index is 11.9. The van der Waals surface area contributed by atoms with E-state index in [0.29, 0.717) is 13.2 Å². The maximum Gasteiger partial charge on any atom is 0.410 e. The second-order valence-electron chi connectivity index (χ2n) is 5.39. The summed E-state index contributed by atoms with van der Waals surface area (Å²) in [5.74, 6) is 0. The van der Waals surface area contributed by atoms with Gasteiger partial charge in [-0.1, -0.05) is 30.3 Å². The fraction of sp³-hybridized carbons (Fsp3) is 0.500. The summed E-state index contributed by atoms with van der Waals surface area (Å²) in [7, 11) is 0. The molecule has 4 heteroatoms. The van der Waals surface area contributed by atoms with Crippen LogP contribution in [0.4, 0.5) is 4.79 Å². The summed E-state index contributed by atoms with van der Waals surface area (Å²) in [5.41, 5.74) is 7.28. The third-order valence-electron chi connectivity index (χ3n) is 4.06. The molecule has 18 heavy (non-hydrogen) atoms. The van der Waals surface area contributed by atoms with Gasteiger partial charge in [0.2, 0.25) is 0 Å². The van der Waals surface area contributed by atoms with Crippen molar-refractivity contribution in [2.75, 3.05) is 13.1 Å². The Morgan fingerprint density at radius 1 is 1.39 bits per heavy atom. The molecule has 1 saturated carbocycles. The Kier molecular flexibility index (Phi) is 2.74. The number of carbonyl (C=O) groups is 1. The van der Waals surface area contributed by atoms with Gasteiger partial charge in [0.25, 0.3) is 0 Å². The molecule has 0 radical (unpaired) electrons. The molecule has 0 bridgehead atoms. The first kappa shape index (κ1) is 11.5. The lowest BCUT2D eigenvalue weighted by Gasteiger charge is -2.15. The van der Waals surface area contributed by atoms with Crippen LogP contribution in [0.3, 0.4) is 0 Å². The van der Waals surface area contributed by atoms with Crippen molar-refractivity contribution in [3.05, 3.63) is 35.9 Å². The number of rotatable bonds is 2. The lowest BCUT2D eigenvalue weighted by atomic mass is 10.0. The van der Waals surface area contributed by atoms with Crippen LogP contribution in [0.25, 0.3) is 0 Å². The normalized spacial score (nSPS) is 24.3. The van der Waals surface area contributed by atoms with E-state index < -0.39 is 0 Å². The van der Waals surface area contributed by atoms with Crippen LogP contribution < -0.4 is 5.73 Å². The number of hydrogen-bond donors (Lipinski definition) is 1. The van der Waals surface area contributed by atoms with Gasteiger partial charge in [-0.05, 0) is 18.4 Å². The first-order valence-electron chi connectivity index (χ1n) is 6.41. The second kappa shape index (κ2) is 4.28. The molecule has 3 rings (SSSR count). The van der Waals surface area contributed by atoms with Crippen LogP contribution >= 0.6 is 0 Å². The summed E-state index contributed by atoms with van der Waals surface area (Å²) in [6.45, 7) is 1.73. The number of ether oxygens (including phenoxy) is 1. The van der Waals surface area contributed by atoms with Crippen molar-refractivity contribution in [3.63, 3.8) is 0 Å². The van der Waals surface area contributed by atoms with Crippen molar-refractivity contribution in [1.29, 1.82) is 0 Å². The Labute approximate surface area is 107 Å². The summed E-state index contributed by atoms with van der Waals surface area (Å²) >= 11 is 0. The van der Waals surface area contributed by atoms with Gasteiger partial charge in [-0.25, -0.2) is 4.79 Å². The van der Waals surface area contributed by atoms with E-state index in [1.807, 2.05) is 30.3 Å². The van der Waals surface area contributed by atoms with Gasteiger partial charge in [-0.3, -0.25) is 0 Å². The summed E-state index contributed by atoms with van der Waals surface area (Å²) < 4.78 is 5.31. The number of likely N-dealkylation sites (tertiary alicyclic amines) is 1. The summed E-state index contributed by atoms with van der Waals surface area (Å²) in [6, 6.07) is 9.85. The van der Waals surface area contributed by atoms with Gasteiger partial charge in [0.15, 0.2) is 0 Å². The van der Waals surface area contributed by atoms with Crippen LogP contribution in [0.1, 0.15) is 18.4 Å². The Balaban J connectivity index is 1.53. The lowest BCUT2D eigenvalue weighted by Crippen LogP contribution is -2.32. The van der Waals surface area contributed by atoms with Crippen LogP contribution in [0, 0.1) is 5.41 Å². The van der Waals surface area contributed by atoms with Crippen molar-refractivity contribution >= 4 is 6.09 Å². The molecule has 1 spiro atoms. The number of nitrogens with two attached hydrogens (primary N) is 1. The number of hydrogen-bond acceptors (Lipinski definition) is 3. The van der Waals surface area contributed by atoms with Gasteiger partial charge in [-0.2, -0.15) is 0 Å². The molecule has 1 aliphatic heterocycles. The highest BCUT2D eigenvalue weighted by atomic mass is 16.6. The molecular formula is C14H18N2O2. The van der Waals surface area contributed by atoms with E-state index >= 15 is 0 Å². The molecule has 2 N–H and O–H groups in total. The minimum Gasteiger partial charge on any atom is -0.445 e. The molecule has 1 amide bonds. The van der Waals surface area contributed by atoms with Crippen LogP contribution in [-0.2, 0) is 11.3 Å². The Morgan fingerprint density at radius 2 is 2.11 bits per heavy atom. The van der Waals surface area contributed by atoms with Crippen LogP contribution in [-0.4, -0.2) is 30.1 Å². The number of amides is 1. The van der Waals surface area contributed by atoms with Crippen molar-refractivity contribution in [3.8, 4) is 0 Å². The average Bonchev–Trinajstić information content (AvgIpc) is 3.09. The topological polar surface area (TPSA) is 55.6 Å². The monoisotopic (exact) mass is 246 g/mol. The first-order chi connectivity index (χ1) is 8.70. The van der Waals surface area contributed by atoms with E-state index in [0.717, 1.165) is 24.9 Å². The highest BCUT2D eigenvalue weighted by molar-refractivity contribution is 5.68. The molecule has 1 aromatic rings. The van der Waals surface area contributed by atoms with Crippen LogP contribution in [0.5, 0.6) is 0 Å². The zero-order chi connectivity index (χ0) is 12.6. The predicted octanol–water partition coefficient (Wildman–Crippen LogP) is 1.75. The molecular weight excluding hydrogens is 228 g/mol. The summed E-state index contributed by atoms with van der Waals surface area (Å²) in [5, 5.41) is 0.